The first-order chi connectivity index (χ1) is 9.24. The van der Waals surface area contributed by atoms with Gasteiger partial charge in [0.2, 0.25) is 0 Å². The molecule has 98 valence electrons. The normalized spacial score (nSPS) is 18.6. The summed E-state index contributed by atoms with van der Waals surface area (Å²) in [5.41, 5.74) is 0.0865. The lowest BCUT2D eigenvalue weighted by atomic mass is 10.1. The van der Waals surface area contributed by atoms with E-state index in [4.69, 9.17) is 0 Å². The van der Waals surface area contributed by atoms with Gasteiger partial charge in [0.1, 0.15) is 5.69 Å². The third kappa shape index (κ3) is 2.37. The Labute approximate surface area is 110 Å². The summed E-state index contributed by atoms with van der Waals surface area (Å²) in [5, 5.41) is 7.48. The van der Waals surface area contributed by atoms with Gasteiger partial charge in [-0.2, -0.15) is 0 Å². The zero-order chi connectivity index (χ0) is 13.2. The zero-order valence-electron chi connectivity index (χ0n) is 10.4. The number of H-pyrrole nitrogens is 1. The van der Waals surface area contributed by atoms with Gasteiger partial charge in [-0.1, -0.05) is 18.2 Å². The minimum Gasteiger partial charge on any atom is -0.347 e. The Kier molecular flexibility index (Phi) is 3.05. The van der Waals surface area contributed by atoms with E-state index >= 15 is 0 Å². The minimum absolute atomic E-state index is 0.141. The molecule has 3 N–H and O–H groups in total. The van der Waals surface area contributed by atoms with E-state index in [9.17, 15) is 9.59 Å². The van der Waals surface area contributed by atoms with Crippen LogP contribution >= 0.6 is 0 Å². The van der Waals surface area contributed by atoms with Crippen LogP contribution in [0.2, 0.25) is 0 Å². The van der Waals surface area contributed by atoms with Crippen LogP contribution in [0.3, 0.4) is 0 Å². The van der Waals surface area contributed by atoms with Gasteiger partial charge in [0.15, 0.2) is 0 Å². The number of pyridine rings is 1. The first kappa shape index (κ1) is 11.9. The molecule has 1 saturated heterocycles. The molecule has 1 aromatic carbocycles. The van der Waals surface area contributed by atoms with Crippen molar-refractivity contribution in [2.45, 2.75) is 12.5 Å². The Hall–Kier alpha value is -2.14. The average Bonchev–Trinajstić information content (AvgIpc) is 2.91. The highest BCUT2D eigenvalue weighted by Gasteiger charge is 2.18. The zero-order valence-corrected chi connectivity index (χ0v) is 10.4. The van der Waals surface area contributed by atoms with E-state index in [1.54, 1.807) is 12.1 Å². The van der Waals surface area contributed by atoms with Crippen LogP contribution in [0.25, 0.3) is 10.8 Å². The molecule has 1 atom stereocenters. The standard InChI is InChI=1S/C14H15N3O2/c18-13-11-4-2-1-3-9(11)7-12(17-13)14(19)16-10-5-6-15-8-10/h1-4,7,10,15H,5-6,8H2,(H,16,19)(H,17,18). The molecule has 0 radical (unpaired) electrons. The number of hydrogen-bond acceptors (Lipinski definition) is 3. The molecule has 1 aliphatic rings. The second-order valence-corrected chi connectivity index (χ2v) is 4.76. The Bertz CT molecular complexity index is 672. The van der Waals surface area contributed by atoms with Crippen LogP contribution in [0.15, 0.2) is 35.1 Å². The molecular weight excluding hydrogens is 242 g/mol. The number of nitrogens with one attached hydrogen (secondary N) is 3. The van der Waals surface area contributed by atoms with Crippen LogP contribution in [0.1, 0.15) is 16.9 Å². The maximum absolute atomic E-state index is 12.1. The van der Waals surface area contributed by atoms with Crippen LogP contribution in [0.5, 0.6) is 0 Å². The Balaban J connectivity index is 1.91. The molecule has 1 amide bonds. The topological polar surface area (TPSA) is 74.0 Å². The molecule has 1 fully saturated rings. The summed E-state index contributed by atoms with van der Waals surface area (Å²) in [6.45, 7) is 1.70. The molecule has 0 saturated carbocycles. The summed E-state index contributed by atoms with van der Waals surface area (Å²) < 4.78 is 0. The Morgan fingerprint density at radius 1 is 1.32 bits per heavy atom. The summed E-state index contributed by atoms with van der Waals surface area (Å²) >= 11 is 0. The second-order valence-electron chi connectivity index (χ2n) is 4.76. The third-order valence-corrected chi connectivity index (χ3v) is 3.39. The summed E-state index contributed by atoms with van der Waals surface area (Å²) in [5.74, 6) is -0.225. The molecule has 2 aromatic rings. The lowest BCUT2D eigenvalue weighted by molar-refractivity contribution is 0.0935. The van der Waals surface area contributed by atoms with E-state index in [0.29, 0.717) is 11.1 Å². The van der Waals surface area contributed by atoms with Gasteiger partial charge in [0.25, 0.3) is 11.5 Å². The SMILES string of the molecule is O=C(NC1CCNC1)c1cc2ccccc2c(=O)[nH]1. The number of benzene rings is 1. The first-order valence-corrected chi connectivity index (χ1v) is 6.38. The van der Waals surface area contributed by atoms with Gasteiger partial charge in [0, 0.05) is 18.0 Å². The first-order valence-electron chi connectivity index (χ1n) is 6.38. The largest absolute Gasteiger partial charge is 0.347 e. The van der Waals surface area contributed by atoms with Gasteiger partial charge >= 0.3 is 0 Å². The number of fused-ring (bicyclic) bond motifs is 1. The summed E-state index contributed by atoms with van der Waals surface area (Å²) in [6, 6.07) is 9.10. The molecular formula is C14H15N3O2. The molecule has 1 aliphatic heterocycles. The monoisotopic (exact) mass is 257 g/mol. The van der Waals surface area contributed by atoms with E-state index in [1.807, 2.05) is 18.2 Å². The van der Waals surface area contributed by atoms with Gasteiger partial charge in [-0.25, -0.2) is 0 Å². The van der Waals surface area contributed by atoms with Crippen LogP contribution < -0.4 is 16.2 Å². The molecule has 5 nitrogen and oxygen atoms in total. The van der Waals surface area contributed by atoms with E-state index in [-0.39, 0.29) is 17.5 Å². The van der Waals surface area contributed by atoms with Gasteiger partial charge in [-0.15, -0.1) is 0 Å². The molecule has 2 heterocycles. The highest BCUT2D eigenvalue weighted by Crippen LogP contribution is 2.10. The number of aromatic nitrogens is 1. The Morgan fingerprint density at radius 3 is 2.95 bits per heavy atom. The molecule has 19 heavy (non-hydrogen) atoms. The predicted molar refractivity (Wildman–Crippen MR) is 73.3 cm³/mol. The van der Waals surface area contributed by atoms with E-state index in [1.165, 1.54) is 0 Å². The fraction of sp³-hybridized carbons (Fsp3) is 0.286. The molecule has 0 bridgehead atoms. The maximum Gasteiger partial charge on any atom is 0.268 e. The van der Waals surface area contributed by atoms with E-state index < -0.39 is 0 Å². The van der Waals surface area contributed by atoms with Crippen molar-refractivity contribution in [2.75, 3.05) is 13.1 Å². The number of carbonyl (C=O) groups is 1. The third-order valence-electron chi connectivity index (χ3n) is 3.39. The number of carbonyl (C=O) groups excluding carboxylic acids is 1. The molecule has 5 heteroatoms. The van der Waals surface area contributed by atoms with Crippen molar-refractivity contribution in [3.8, 4) is 0 Å². The quantitative estimate of drug-likeness (QED) is 0.738. The van der Waals surface area contributed by atoms with Crippen LogP contribution in [-0.4, -0.2) is 30.0 Å². The number of rotatable bonds is 2. The molecule has 3 rings (SSSR count). The van der Waals surface area contributed by atoms with Crippen LogP contribution in [0.4, 0.5) is 0 Å². The van der Waals surface area contributed by atoms with Crippen molar-refractivity contribution in [1.29, 1.82) is 0 Å². The van der Waals surface area contributed by atoms with Crippen molar-refractivity contribution >= 4 is 16.7 Å². The molecule has 1 aromatic heterocycles. The van der Waals surface area contributed by atoms with Crippen LogP contribution in [-0.2, 0) is 0 Å². The van der Waals surface area contributed by atoms with Gasteiger partial charge in [-0.3, -0.25) is 9.59 Å². The number of amides is 1. The van der Waals surface area contributed by atoms with E-state index in [2.05, 4.69) is 15.6 Å². The van der Waals surface area contributed by atoms with Gasteiger partial charge < -0.3 is 15.6 Å². The highest BCUT2D eigenvalue weighted by atomic mass is 16.2. The minimum atomic E-state index is -0.229. The average molecular weight is 257 g/mol. The van der Waals surface area contributed by atoms with Crippen LogP contribution in [0, 0.1) is 0 Å². The molecule has 1 unspecified atom stereocenters. The Morgan fingerprint density at radius 2 is 2.16 bits per heavy atom. The van der Waals surface area contributed by atoms with Crippen molar-refractivity contribution < 1.29 is 4.79 Å². The van der Waals surface area contributed by atoms with Gasteiger partial charge in [-0.05, 0) is 30.5 Å². The van der Waals surface area contributed by atoms with E-state index in [0.717, 1.165) is 24.9 Å². The van der Waals surface area contributed by atoms with Crippen molar-refractivity contribution in [3.63, 3.8) is 0 Å². The predicted octanol–water partition coefficient (Wildman–Crippen LogP) is 0.620. The molecule has 0 aliphatic carbocycles. The summed E-state index contributed by atoms with van der Waals surface area (Å²) in [6.07, 6.45) is 0.920. The number of aromatic amines is 1. The lowest BCUT2D eigenvalue weighted by Crippen LogP contribution is -2.37. The maximum atomic E-state index is 12.1. The highest BCUT2D eigenvalue weighted by molar-refractivity contribution is 5.96. The van der Waals surface area contributed by atoms with Crippen molar-refractivity contribution in [1.82, 2.24) is 15.6 Å². The second kappa shape index (κ2) is 4.85. The lowest BCUT2D eigenvalue weighted by Gasteiger charge is -2.11. The fourth-order valence-corrected chi connectivity index (χ4v) is 2.37. The van der Waals surface area contributed by atoms with Crippen molar-refractivity contribution in [2.24, 2.45) is 0 Å². The summed E-state index contributed by atoms with van der Waals surface area (Å²) in [4.78, 5) is 26.6. The fourth-order valence-electron chi connectivity index (χ4n) is 2.37. The molecule has 0 spiro atoms. The van der Waals surface area contributed by atoms with Crippen molar-refractivity contribution in [3.05, 3.63) is 46.4 Å². The van der Waals surface area contributed by atoms with Gasteiger partial charge in [0.05, 0.1) is 0 Å². The smallest absolute Gasteiger partial charge is 0.268 e. The number of hydrogen-bond donors (Lipinski definition) is 3. The summed E-state index contributed by atoms with van der Waals surface area (Å²) in [7, 11) is 0.